The van der Waals surface area contributed by atoms with Crippen molar-refractivity contribution in [2.75, 3.05) is 0 Å². The van der Waals surface area contributed by atoms with Crippen LogP contribution in [0.4, 0.5) is 4.79 Å². The van der Waals surface area contributed by atoms with E-state index in [4.69, 9.17) is 22.1 Å². The highest BCUT2D eigenvalue weighted by Crippen LogP contribution is 2.24. The molecule has 3 amide bonds. The first-order valence-corrected chi connectivity index (χ1v) is 9.00. The van der Waals surface area contributed by atoms with Crippen molar-refractivity contribution >= 4 is 41.3 Å². The Hall–Kier alpha value is -2.51. The van der Waals surface area contributed by atoms with Gasteiger partial charge in [-0.15, -0.1) is 11.8 Å². The molecule has 0 aliphatic heterocycles. The first kappa shape index (κ1) is 19.8. The van der Waals surface area contributed by atoms with Crippen LogP contribution in [0.5, 0.6) is 0 Å². The Kier molecular flexibility index (Phi) is 7.06. The van der Waals surface area contributed by atoms with Crippen molar-refractivity contribution in [3.63, 3.8) is 0 Å². The van der Waals surface area contributed by atoms with E-state index < -0.39 is 24.0 Å². The lowest BCUT2D eigenvalue weighted by atomic mass is 10.1. The molecular weight excluding hydrogens is 376 g/mol. The number of thioether (sulfide) groups is 1. The summed E-state index contributed by atoms with van der Waals surface area (Å²) in [5.41, 5.74) is 6.10. The SMILES string of the molecule is C[C@H](OC(=O)c1cccc(CSc2ccc(Cl)cc2)c1)C(=O)NC(N)=O. The molecule has 3 N–H and O–H groups in total. The molecule has 26 heavy (non-hydrogen) atoms. The van der Waals surface area contributed by atoms with E-state index in [1.807, 2.05) is 35.6 Å². The molecule has 0 spiro atoms. The third-order valence-electron chi connectivity index (χ3n) is 3.28. The number of carbonyl (C=O) groups is 3. The summed E-state index contributed by atoms with van der Waals surface area (Å²) < 4.78 is 5.05. The van der Waals surface area contributed by atoms with Crippen molar-refractivity contribution in [3.05, 3.63) is 64.7 Å². The monoisotopic (exact) mass is 392 g/mol. The van der Waals surface area contributed by atoms with Gasteiger partial charge in [0.15, 0.2) is 6.10 Å². The zero-order valence-electron chi connectivity index (χ0n) is 13.9. The molecule has 0 bridgehead atoms. The highest BCUT2D eigenvalue weighted by Gasteiger charge is 2.20. The fourth-order valence-corrected chi connectivity index (χ4v) is 2.96. The van der Waals surface area contributed by atoms with E-state index in [0.29, 0.717) is 16.3 Å². The molecule has 0 radical (unpaired) electrons. The van der Waals surface area contributed by atoms with Crippen molar-refractivity contribution in [3.8, 4) is 0 Å². The van der Waals surface area contributed by atoms with E-state index in [0.717, 1.165) is 10.5 Å². The number of primary amides is 1. The minimum atomic E-state index is -1.14. The van der Waals surface area contributed by atoms with E-state index in [2.05, 4.69) is 0 Å². The largest absolute Gasteiger partial charge is 0.449 e. The number of ether oxygens (including phenoxy) is 1. The molecule has 0 saturated heterocycles. The Bertz CT molecular complexity index is 811. The van der Waals surface area contributed by atoms with Crippen LogP contribution in [0.15, 0.2) is 53.4 Å². The van der Waals surface area contributed by atoms with Crippen LogP contribution in [0.3, 0.4) is 0 Å². The van der Waals surface area contributed by atoms with Crippen molar-refractivity contribution in [2.24, 2.45) is 5.73 Å². The van der Waals surface area contributed by atoms with Crippen LogP contribution in [0.2, 0.25) is 5.02 Å². The number of nitrogens with one attached hydrogen (secondary N) is 1. The Labute approximate surface area is 160 Å². The number of carbonyl (C=O) groups excluding carboxylic acids is 3. The molecule has 0 aliphatic rings. The van der Waals surface area contributed by atoms with Crippen LogP contribution in [-0.2, 0) is 15.3 Å². The maximum atomic E-state index is 12.2. The predicted octanol–water partition coefficient (Wildman–Crippen LogP) is 3.37. The highest BCUT2D eigenvalue weighted by molar-refractivity contribution is 7.98. The lowest BCUT2D eigenvalue weighted by Crippen LogP contribution is -2.42. The third-order valence-corrected chi connectivity index (χ3v) is 4.62. The van der Waals surface area contributed by atoms with Crippen LogP contribution in [0, 0.1) is 0 Å². The number of urea groups is 1. The van der Waals surface area contributed by atoms with Crippen LogP contribution in [0.1, 0.15) is 22.8 Å². The molecular formula is C18H17ClN2O4S. The summed E-state index contributed by atoms with van der Waals surface area (Å²) >= 11 is 7.46. The van der Waals surface area contributed by atoms with Crippen molar-refractivity contribution in [1.29, 1.82) is 0 Å². The smallest absolute Gasteiger partial charge is 0.338 e. The average Bonchev–Trinajstić information content (AvgIpc) is 2.61. The number of imide groups is 1. The topological polar surface area (TPSA) is 98.5 Å². The summed E-state index contributed by atoms with van der Waals surface area (Å²) in [5, 5.41) is 2.54. The number of hydrogen-bond acceptors (Lipinski definition) is 5. The van der Waals surface area contributed by atoms with E-state index in [1.165, 1.54) is 6.92 Å². The molecule has 6 nitrogen and oxygen atoms in total. The second kappa shape index (κ2) is 9.26. The Balaban J connectivity index is 1.96. The number of halogens is 1. The fraction of sp³-hybridized carbons (Fsp3) is 0.167. The number of esters is 1. The van der Waals surface area contributed by atoms with Crippen LogP contribution in [0.25, 0.3) is 0 Å². The zero-order chi connectivity index (χ0) is 19.1. The van der Waals surface area contributed by atoms with Gasteiger partial charge in [0.1, 0.15) is 0 Å². The molecule has 0 unspecified atom stereocenters. The Morgan fingerprint density at radius 2 is 1.88 bits per heavy atom. The molecule has 0 saturated carbocycles. The van der Waals surface area contributed by atoms with Gasteiger partial charge in [0, 0.05) is 15.7 Å². The van der Waals surface area contributed by atoms with Gasteiger partial charge in [-0.25, -0.2) is 9.59 Å². The molecule has 8 heteroatoms. The number of hydrogen-bond donors (Lipinski definition) is 2. The van der Waals surface area contributed by atoms with Crippen LogP contribution >= 0.6 is 23.4 Å². The standard InChI is InChI=1S/C18H17ClN2O4S/c1-11(16(22)21-18(20)24)25-17(23)13-4-2-3-12(9-13)10-26-15-7-5-14(19)6-8-15/h2-9,11H,10H2,1H3,(H3,20,21,22,24)/t11-/m0/s1. The Morgan fingerprint density at radius 3 is 2.54 bits per heavy atom. The minimum absolute atomic E-state index is 0.318. The Morgan fingerprint density at radius 1 is 1.19 bits per heavy atom. The second-order valence-electron chi connectivity index (χ2n) is 5.34. The summed E-state index contributed by atoms with van der Waals surface area (Å²) in [6, 6.07) is 13.4. The molecule has 2 rings (SSSR count). The zero-order valence-corrected chi connectivity index (χ0v) is 15.5. The molecule has 0 aliphatic carbocycles. The fourth-order valence-electron chi connectivity index (χ4n) is 1.99. The van der Waals surface area contributed by atoms with Crippen LogP contribution < -0.4 is 11.1 Å². The third kappa shape index (κ3) is 6.09. The molecule has 0 fully saturated rings. The van der Waals surface area contributed by atoms with Gasteiger partial charge in [-0.05, 0) is 48.9 Å². The van der Waals surface area contributed by atoms with Crippen molar-refractivity contribution < 1.29 is 19.1 Å². The number of nitrogens with two attached hydrogens (primary N) is 1. The molecule has 2 aromatic carbocycles. The first-order chi connectivity index (χ1) is 12.3. The summed E-state index contributed by atoms with van der Waals surface area (Å²) in [4.78, 5) is 35.5. The van der Waals surface area contributed by atoms with E-state index in [9.17, 15) is 14.4 Å². The van der Waals surface area contributed by atoms with E-state index in [-0.39, 0.29) is 0 Å². The predicted molar refractivity (Wildman–Crippen MR) is 100 cm³/mol. The average molecular weight is 393 g/mol. The summed E-state index contributed by atoms with van der Waals surface area (Å²) in [6.45, 7) is 1.36. The number of amides is 3. The number of benzene rings is 2. The maximum absolute atomic E-state index is 12.2. The lowest BCUT2D eigenvalue weighted by molar-refractivity contribution is -0.127. The maximum Gasteiger partial charge on any atom is 0.338 e. The minimum Gasteiger partial charge on any atom is -0.449 e. The van der Waals surface area contributed by atoms with Crippen molar-refractivity contribution in [1.82, 2.24) is 5.32 Å². The second-order valence-corrected chi connectivity index (χ2v) is 6.83. The molecule has 136 valence electrons. The van der Waals surface area contributed by atoms with Gasteiger partial charge in [-0.3, -0.25) is 10.1 Å². The van der Waals surface area contributed by atoms with Gasteiger partial charge < -0.3 is 10.5 Å². The highest BCUT2D eigenvalue weighted by atomic mass is 35.5. The van der Waals surface area contributed by atoms with Gasteiger partial charge in [0.25, 0.3) is 5.91 Å². The quantitative estimate of drug-likeness (QED) is 0.580. The normalized spacial score (nSPS) is 11.5. The van der Waals surface area contributed by atoms with Crippen LogP contribution in [-0.4, -0.2) is 24.0 Å². The summed E-state index contributed by atoms with van der Waals surface area (Å²) in [6.07, 6.45) is -1.14. The molecule has 0 aromatic heterocycles. The van der Waals surface area contributed by atoms with Gasteiger partial charge in [0.2, 0.25) is 0 Å². The van der Waals surface area contributed by atoms with Gasteiger partial charge in [0.05, 0.1) is 5.56 Å². The van der Waals surface area contributed by atoms with Crippen molar-refractivity contribution in [2.45, 2.75) is 23.7 Å². The number of rotatable bonds is 6. The van der Waals surface area contributed by atoms with E-state index >= 15 is 0 Å². The molecule has 2 aromatic rings. The molecule has 1 atom stereocenters. The van der Waals surface area contributed by atoms with Gasteiger partial charge in [-0.2, -0.15) is 0 Å². The summed E-state index contributed by atoms with van der Waals surface area (Å²) in [7, 11) is 0. The van der Waals surface area contributed by atoms with Gasteiger partial charge in [-0.1, -0.05) is 23.7 Å². The lowest BCUT2D eigenvalue weighted by Gasteiger charge is -2.12. The van der Waals surface area contributed by atoms with Gasteiger partial charge >= 0.3 is 12.0 Å². The van der Waals surface area contributed by atoms with E-state index in [1.54, 1.807) is 30.0 Å². The molecule has 0 heterocycles. The first-order valence-electron chi connectivity index (χ1n) is 7.63. The summed E-state index contributed by atoms with van der Waals surface area (Å²) in [5.74, 6) is -0.781.